The average Bonchev–Trinajstić information content (AvgIpc) is 3.09. The zero-order valence-electron chi connectivity index (χ0n) is 14.6. The van der Waals surface area contributed by atoms with E-state index in [9.17, 15) is 4.79 Å². The van der Waals surface area contributed by atoms with Gasteiger partial charge < -0.3 is 15.4 Å². The molecule has 6 nitrogen and oxygen atoms in total. The van der Waals surface area contributed by atoms with Crippen molar-refractivity contribution in [3.63, 3.8) is 0 Å². The van der Waals surface area contributed by atoms with Crippen LogP contribution < -0.4 is 10.6 Å². The molecule has 0 fully saturated rings. The Morgan fingerprint density at radius 1 is 1.40 bits per heavy atom. The number of carbonyl (C=O) groups excluding carboxylic acids is 1. The molecule has 0 spiro atoms. The van der Waals surface area contributed by atoms with Gasteiger partial charge in [0.1, 0.15) is 5.00 Å². The molecule has 3 rings (SSSR count). The summed E-state index contributed by atoms with van der Waals surface area (Å²) in [6.07, 6.45) is 5.93. The van der Waals surface area contributed by atoms with Crippen LogP contribution in [0.15, 0.2) is 6.20 Å². The Labute approximate surface area is 156 Å². The van der Waals surface area contributed by atoms with E-state index in [-0.39, 0.29) is 5.97 Å². The zero-order valence-corrected chi connectivity index (χ0v) is 16.3. The number of fused-ring (bicyclic) bond motifs is 1. The van der Waals surface area contributed by atoms with E-state index in [4.69, 9.17) is 17.0 Å². The number of nitrogens with one attached hydrogen (secondary N) is 2. The summed E-state index contributed by atoms with van der Waals surface area (Å²) in [5.74, 6) is -0.273. The molecule has 0 radical (unpaired) electrons. The largest absolute Gasteiger partial charge is 0.462 e. The molecule has 2 heterocycles. The molecule has 0 aromatic carbocycles. The number of ether oxygens (including phenoxy) is 1. The second-order valence-corrected chi connectivity index (χ2v) is 7.50. The summed E-state index contributed by atoms with van der Waals surface area (Å²) in [5, 5.41) is 11.7. The van der Waals surface area contributed by atoms with Gasteiger partial charge in [-0.2, -0.15) is 5.10 Å². The standard InChI is InChI=1S/C17H22N4O2S2/c1-4-23-16(22)14-11-7-5-6-8-13(11)25-15(14)20-17(24)19-12-9-18-21(3)10(12)2/h9H,4-8H2,1-3H3,(H2,19,20,24). The Morgan fingerprint density at radius 2 is 2.16 bits per heavy atom. The smallest absolute Gasteiger partial charge is 0.341 e. The fraction of sp³-hybridized carbons (Fsp3) is 0.471. The van der Waals surface area contributed by atoms with Gasteiger partial charge >= 0.3 is 5.97 Å². The number of anilines is 2. The number of thiocarbonyl (C=S) groups is 1. The van der Waals surface area contributed by atoms with Gasteiger partial charge in [-0.15, -0.1) is 11.3 Å². The van der Waals surface area contributed by atoms with Crippen molar-refractivity contribution in [2.75, 3.05) is 17.2 Å². The minimum Gasteiger partial charge on any atom is -0.462 e. The second-order valence-electron chi connectivity index (χ2n) is 5.98. The SMILES string of the molecule is CCOC(=O)c1c(NC(=S)Nc2cnn(C)c2C)sc2c1CCCC2. The normalized spacial score (nSPS) is 13.2. The van der Waals surface area contributed by atoms with Gasteiger partial charge in [0.25, 0.3) is 0 Å². The number of rotatable bonds is 4. The third-order valence-electron chi connectivity index (χ3n) is 4.36. The quantitative estimate of drug-likeness (QED) is 0.625. The molecule has 2 aromatic rings. The molecular formula is C17H22N4O2S2. The molecule has 134 valence electrons. The molecule has 0 saturated carbocycles. The van der Waals surface area contributed by atoms with Gasteiger partial charge in [-0.05, 0) is 57.3 Å². The van der Waals surface area contributed by atoms with E-state index in [1.54, 1.807) is 22.2 Å². The predicted molar refractivity (Wildman–Crippen MR) is 105 cm³/mol. The van der Waals surface area contributed by atoms with Crippen LogP contribution in [0.3, 0.4) is 0 Å². The number of carbonyl (C=O) groups is 1. The molecule has 2 aromatic heterocycles. The monoisotopic (exact) mass is 378 g/mol. The van der Waals surface area contributed by atoms with Gasteiger partial charge in [0.15, 0.2) is 5.11 Å². The Kier molecular flexibility index (Phi) is 5.39. The van der Waals surface area contributed by atoms with E-state index >= 15 is 0 Å². The van der Waals surface area contributed by atoms with Crippen LogP contribution in [0, 0.1) is 6.92 Å². The summed E-state index contributed by atoms with van der Waals surface area (Å²) >= 11 is 7.04. The first kappa shape index (κ1) is 17.9. The van der Waals surface area contributed by atoms with Crippen molar-refractivity contribution in [1.29, 1.82) is 0 Å². The highest BCUT2D eigenvalue weighted by molar-refractivity contribution is 7.80. The average molecular weight is 379 g/mol. The number of aryl methyl sites for hydroxylation is 2. The fourth-order valence-corrected chi connectivity index (χ4v) is 4.51. The number of esters is 1. The number of hydrogen-bond acceptors (Lipinski definition) is 5. The van der Waals surface area contributed by atoms with E-state index in [1.165, 1.54) is 4.88 Å². The molecule has 1 aliphatic rings. The number of hydrogen-bond donors (Lipinski definition) is 2. The third-order valence-corrected chi connectivity index (χ3v) is 5.77. The van der Waals surface area contributed by atoms with Crippen molar-refractivity contribution in [3.05, 3.63) is 27.9 Å². The molecule has 0 unspecified atom stereocenters. The van der Waals surface area contributed by atoms with Crippen LogP contribution in [-0.2, 0) is 24.6 Å². The second kappa shape index (κ2) is 7.53. The maximum Gasteiger partial charge on any atom is 0.341 e. The Bertz CT molecular complexity index is 810. The summed E-state index contributed by atoms with van der Waals surface area (Å²) in [6, 6.07) is 0. The first-order chi connectivity index (χ1) is 12.0. The molecule has 0 bridgehead atoms. The molecule has 25 heavy (non-hydrogen) atoms. The van der Waals surface area contributed by atoms with Crippen LogP contribution in [0.1, 0.15) is 46.3 Å². The first-order valence-electron chi connectivity index (χ1n) is 8.39. The Hall–Kier alpha value is -1.93. The number of aromatic nitrogens is 2. The summed E-state index contributed by atoms with van der Waals surface area (Å²) < 4.78 is 7.04. The summed E-state index contributed by atoms with van der Waals surface area (Å²) in [7, 11) is 1.88. The zero-order chi connectivity index (χ0) is 18.0. The van der Waals surface area contributed by atoms with Crippen molar-refractivity contribution in [2.24, 2.45) is 7.05 Å². The van der Waals surface area contributed by atoms with E-state index in [1.807, 2.05) is 20.9 Å². The van der Waals surface area contributed by atoms with Crippen LogP contribution in [0.4, 0.5) is 10.7 Å². The maximum atomic E-state index is 12.5. The lowest BCUT2D eigenvalue weighted by Crippen LogP contribution is -2.21. The van der Waals surface area contributed by atoms with E-state index in [2.05, 4.69) is 15.7 Å². The van der Waals surface area contributed by atoms with Crippen LogP contribution in [0.5, 0.6) is 0 Å². The molecule has 8 heteroatoms. The predicted octanol–water partition coefficient (Wildman–Crippen LogP) is 3.65. The van der Waals surface area contributed by atoms with Gasteiger partial charge in [0, 0.05) is 11.9 Å². The van der Waals surface area contributed by atoms with Crippen LogP contribution in [-0.4, -0.2) is 27.5 Å². The van der Waals surface area contributed by atoms with Crippen molar-refractivity contribution in [3.8, 4) is 0 Å². The van der Waals surface area contributed by atoms with Crippen molar-refractivity contribution >= 4 is 45.3 Å². The lowest BCUT2D eigenvalue weighted by Gasteiger charge is -2.13. The lowest BCUT2D eigenvalue weighted by atomic mass is 9.95. The summed E-state index contributed by atoms with van der Waals surface area (Å²) in [6.45, 7) is 4.15. The molecule has 1 aliphatic carbocycles. The van der Waals surface area contributed by atoms with Crippen LogP contribution in [0.2, 0.25) is 0 Å². The summed E-state index contributed by atoms with van der Waals surface area (Å²) in [5.41, 5.74) is 3.60. The van der Waals surface area contributed by atoms with E-state index < -0.39 is 0 Å². The highest BCUT2D eigenvalue weighted by Crippen LogP contribution is 2.38. The maximum absolute atomic E-state index is 12.5. The lowest BCUT2D eigenvalue weighted by molar-refractivity contribution is 0.0526. The van der Waals surface area contributed by atoms with E-state index in [0.29, 0.717) is 17.3 Å². The molecular weight excluding hydrogens is 356 g/mol. The van der Waals surface area contributed by atoms with E-state index in [0.717, 1.165) is 47.6 Å². The van der Waals surface area contributed by atoms with Crippen LogP contribution in [0.25, 0.3) is 0 Å². The topological polar surface area (TPSA) is 68.2 Å². The minimum atomic E-state index is -0.273. The van der Waals surface area contributed by atoms with Crippen molar-refractivity contribution in [1.82, 2.24) is 9.78 Å². The highest BCUT2D eigenvalue weighted by Gasteiger charge is 2.26. The molecule has 0 aliphatic heterocycles. The fourth-order valence-electron chi connectivity index (χ4n) is 2.95. The van der Waals surface area contributed by atoms with Gasteiger partial charge in [-0.3, -0.25) is 4.68 Å². The van der Waals surface area contributed by atoms with Crippen molar-refractivity contribution in [2.45, 2.75) is 39.5 Å². The van der Waals surface area contributed by atoms with Crippen LogP contribution >= 0.6 is 23.6 Å². The number of thiophene rings is 1. The molecule has 0 saturated heterocycles. The summed E-state index contributed by atoms with van der Waals surface area (Å²) in [4.78, 5) is 13.7. The third kappa shape index (κ3) is 3.69. The molecule has 2 N–H and O–H groups in total. The Morgan fingerprint density at radius 3 is 2.84 bits per heavy atom. The molecule has 0 amide bonds. The highest BCUT2D eigenvalue weighted by atomic mass is 32.1. The Balaban J connectivity index is 1.83. The van der Waals surface area contributed by atoms with Crippen molar-refractivity contribution < 1.29 is 9.53 Å². The molecule has 0 atom stereocenters. The first-order valence-corrected chi connectivity index (χ1v) is 9.62. The van der Waals surface area contributed by atoms with Gasteiger partial charge in [0.2, 0.25) is 0 Å². The van der Waals surface area contributed by atoms with Gasteiger partial charge in [-0.1, -0.05) is 0 Å². The number of nitrogens with zero attached hydrogens (tertiary/aromatic N) is 2. The minimum absolute atomic E-state index is 0.273. The van der Waals surface area contributed by atoms with Gasteiger partial charge in [0.05, 0.1) is 29.7 Å². The van der Waals surface area contributed by atoms with Gasteiger partial charge in [-0.25, -0.2) is 4.79 Å².